The van der Waals surface area contributed by atoms with Crippen molar-refractivity contribution in [3.05, 3.63) is 0 Å². The van der Waals surface area contributed by atoms with E-state index in [1.165, 1.54) is 25.7 Å². The lowest BCUT2D eigenvalue weighted by Crippen LogP contribution is -2.43. The number of hydrogen-bond donors (Lipinski definition) is 1. The quantitative estimate of drug-likeness (QED) is 0.798. The smallest absolute Gasteiger partial charge is 0.222 e. The van der Waals surface area contributed by atoms with Gasteiger partial charge in [-0.25, -0.2) is 0 Å². The summed E-state index contributed by atoms with van der Waals surface area (Å²) in [7, 11) is 0. The Morgan fingerprint density at radius 1 is 1.20 bits per heavy atom. The van der Waals surface area contributed by atoms with Crippen molar-refractivity contribution < 1.29 is 14.3 Å². The Morgan fingerprint density at radius 2 is 2.04 bits per heavy atom. The fourth-order valence-electron chi connectivity index (χ4n) is 4.39. The molecule has 0 aromatic carbocycles. The van der Waals surface area contributed by atoms with Gasteiger partial charge in [-0.05, 0) is 69.9 Å². The van der Waals surface area contributed by atoms with Gasteiger partial charge in [0.25, 0.3) is 0 Å². The molecular weight excluding hydrogens is 316 g/mol. The summed E-state index contributed by atoms with van der Waals surface area (Å²) in [6, 6.07) is 0. The average Bonchev–Trinajstić information content (AvgIpc) is 2.68. The second-order valence-electron chi connectivity index (χ2n) is 8.19. The van der Waals surface area contributed by atoms with Gasteiger partial charge in [0.2, 0.25) is 5.91 Å². The van der Waals surface area contributed by atoms with Gasteiger partial charge >= 0.3 is 0 Å². The summed E-state index contributed by atoms with van der Waals surface area (Å²) < 4.78 is 11.8. The molecule has 3 aliphatic rings. The number of ether oxygens (including phenoxy) is 2. The Labute approximate surface area is 152 Å². The molecular formula is C20H36N2O3. The van der Waals surface area contributed by atoms with Crippen LogP contribution in [0.15, 0.2) is 0 Å². The van der Waals surface area contributed by atoms with Crippen molar-refractivity contribution in [3.8, 4) is 0 Å². The Morgan fingerprint density at radius 3 is 2.72 bits per heavy atom. The van der Waals surface area contributed by atoms with E-state index in [1.807, 2.05) is 0 Å². The van der Waals surface area contributed by atoms with Crippen LogP contribution in [-0.4, -0.2) is 62.4 Å². The molecule has 5 heteroatoms. The number of carbonyl (C=O) groups is 1. The van der Waals surface area contributed by atoms with Crippen molar-refractivity contribution in [3.63, 3.8) is 0 Å². The second-order valence-corrected chi connectivity index (χ2v) is 8.19. The first kappa shape index (κ1) is 19.1. The molecule has 3 heterocycles. The Bertz CT molecular complexity index is 398. The molecule has 0 aliphatic carbocycles. The summed E-state index contributed by atoms with van der Waals surface area (Å²) in [5.74, 6) is 1.49. The first-order chi connectivity index (χ1) is 12.2. The highest BCUT2D eigenvalue weighted by Gasteiger charge is 2.28. The van der Waals surface area contributed by atoms with Crippen molar-refractivity contribution in [1.82, 2.24) is 10.2 Å². The van der Waals surface area contributed by atoms with E-state index in [0.29, 0.717) is 36.4 Å². The van der Waals surface area contributed by atoms with Crippen molar-refractivity contribution >= 4 is 5.91 Å². The molecule has 3 rings (SSSR count). The maximum Gasteiger partial charge on any atom is 0.222 e. The molecule has 3 aliphatic heterocycles. The van der Waals surface area contributed by atoms with Gasteiger partial charge in [-0.15, -0.1) is 0 Å². The maximum absolute atomic E-state index is 12.6. The highest BCUT2D eigenvalue weighted by Crippen LogP contribution is 2.24. The number of piperidine rings is 2. The standard InChI is InChI=1S/C20H36N2O3/c1-16(17-5-4-9-21-14-17)13-20(23)22-10-7-18(8-11-22)25-15-19-6-2-3-12-24-19/h16-19,21H,2-15H2,1H3. The van der Waals surface area contributed by atoms with E-state index in [0.717, 1.165) is 58.7 Å². The number of carbonyl (C=O) groups excluding carboxylic acids is 1. The number of nitrogens with zero attached hydrogens (tertiary/aromatic N) is 1. The average molecular weight is 353 g/mol. The monoisotopic (exact) mass is 352 g/mol. The van der Waals surface area contributed by atoms with Crippen LogP contribution in [0.4, 0.5) is 0 Å². The highest BCUT2D eigenvalue weighted by molar-refractivity contribution is 5.76. The lowest BCUT2D eigenvalue weighted by molar-refractivity contribution is -0.136. The first-order valence-corrected chi connectivity index (χ1v) is 10.4. The molecule has 5 nitrogen and oxygen atoms in total. The van der Waals surface area contributed by atoms with Crippen molar-refractivity contribution in [2.75, 3.05) is 39.4 Å². The molecule has 3 fully saturated rings. The minimum atomic E-state index is 0.290. The van der Waals surface area contributed by atoms with Crippen LogP contribution in [0.25, 0.3) is 0 Å². The third-order valence-electron chi connectivity index (χ3n) is 6.22. The zero-order valence-corrected chi connectivity index (χ0v) is 15.9. The van der Waals surface area contributed by atoms with Crippen LogP contribution < -0.4 is 5.32 Å². The number of hydrogen-bond acceptors (Lipinski definition) is 4. The summed E-state index contributed by atoms with van der Waals surface area (Å²) >= 11 is 0. The Balaban J connectivity index is 1.32. The van der Waals surface area contributed by atoms with Crippen molar-refractivity contribution in [1.29, 1.82) is 0 Å². The molecule has 3 saturated heterocycles. The van der Waals surface area contributed by atoms with Crippen LogP contribution >= 0.6 is 0 Å². The molecule has 0 aromatic rings. The SMILES string of the molecule is CC(CC(=O)N1CCC(OCC2CCCCO2)CC1)C1CCCNC1. The number of nitrogens with one attached hydrogen (secondary N) is 1. The molecule has 3 unspecified atom stereocenters. The maximum atomic E-state index is 12.6. The van der Waals surface area contributed by atoms with Crippen LogP contribution in [0.5, 0.6) is 0 Å². The largest absolute Gasteiger partial charge is 0.376 e. The predicted octanol–water partition coefficient (Wildman–Crippen LogP) is 2.59. The van der Waals surface area contributed by atoms with E-state index < -0.39 is 0 Å². The summed E-state index contributed by atoms with van der Waals surface area (Å²) in [5.41, 5.74) is 0. The minimum Gasteiger partial charge on any atom is -0.376 e. The fraction of sp³-hybridized carbons (Fsp3) is 0.950. The zero-order chi connectivity index (χ0) is 17.5. The lowest BCUT2D eigenvalue weighted by atomic mass is 9.85. The van der Waals surface area contributed by atoms with E-state index in [-0.39, 0.29) is 0 Å². The number of amides is 1. The zero-order valence-electron chi connectivity index (χ0n) is 15.9. The van der Waals surface area contributed by atoms with E-state index >= 15 is 0 Å². The van der Waals surface area contributed by atoms with Crippen LogP contribution in [0.2, 0.25) is 0 Å². The number of likely N-dealkylation sites (tertiary alicyclic amines) is 1. The van der Waals surface area contributed by atoms with Gasteiger partial charge in [0.05, 0.1) is 18.8 Å². The lowest BCUT2D eigenvalue weighted by Gasteiger charge is -2.35. The van der Waals surface area contributed by atoms with Gasteiger partial charge in [0.1, 0.15) is 0 Å². The molecule has 0 aromatic heterocycles. The summed E-state index contributed by atoms with van der Waals surface area (Å²) in [4.78, 5) is 14.7. The fourth-order valence-corrected chi connectivity index (χ4v) is 4.39. The van der Waals surface area contributed by atoms with E-state index in [2.05, 4.69) is 17.1 Å². The van der Waals surface area contributed by atoms with Crippen LogP contribution in [0, 0.1) is 11.8 Å². The first-order valence-electron chi connectivity index (χ1n) is 10.4. The van der Waals surface area contributed by atoms with Gasteiger partial charge in [-0.2, -0.15) is 0 Å². The van der Waals surface area contributed by atoms with Gasteiger partial charge < -0.3 is 19.7 Å². The minimum absolute atomic E-state index is 0.290. The molecule has 1 amide bonds. The molecule has 3 atom stereocenters. The summed E-state index contributed by atoms with van der Waals surface area (Å²) in [6.07, 6.45) is 9.32. The molecule has 144 valence electrons. The van der Waals surface area contributed by atoms with Gasteiger partial charge in [-0.3, -0.25) is 4.79 Å². The third kappa shape index (κ3) is 5.93. The Hall–Kier alpha value is -0.650. The molecule has 0 saturated carbocycles. The number of rotatable bonds is 6. The van der Waals surface area contributed by atoms with E-state index in [4.69, 9.17) is 9.47 Å². The van der Waals surface area contributed by atoms with E-state index in [9.17, 15) is 4.79 Å². The van der Waals surface area contributed by atoms with Gasteiger partial charge in [0.15, 0.2) is 0 Å². The van der Waals surface area contributed by atoms with Crippen molar-refractivity contribution in [2.45, 2.75) is 70.5 Å². The molecule has 0 radical (unpaired) electrons. The topological polar surface area (TPSA) is 50.8 Å². The summed E-state index contributed by atoms with van der Waals surface area (Å²) in [5, 5.41) is 3.46. The van der Waals surface area contributed by atoms with Gasteiger partial charge in [0, 0.05) is 26.1 Å². The molecule has 0 bridgehead atoms. The molecule has 1 N–H and O–H groups in total. The predicted molar refractivity (Wildman–Crippen MR) is 98.5 cm³/mol. The molecule has 0 spiro atoms. The van der Waals surface area contributed by atoms with E-state index in [1.54, 1.807) is 0 Å². The normalized spacial score (nSPS) is 30.2. The van der Waals surface area contributed by atoms with Crippen molar-refractivity contribution in [2.24, 2.45) is 11.8 Å². The van der Waals surface area contributed by atoms with Gasteiger partial charge in [-0.1, -0.05) is 6.92 Å². The highest BCUT2D eigenvalue weighted by atomic mass is 16.5. The molecule has 25 heavy (non-hydrogen) atoms. The van der Waals surface area contributed by atoms with Crippen LogP contribution in [0.1, 0.15) is 58.3 Å². The second kappa shape index (κ2) is 9.89. The Kier molecular flexibility index (Phi) is 7.56. The summed E-state index contributed by atoms with van der Waals surface area (Å²) in [6.45, 7) is 7.77. The van der Waals surface area contributed by atoms with Crippen LogP contribution in [-0.2, 0) is 14.3 Å². The third-order valence-corrected chi connectivity index (χ3v) is 6.22. The van der Waals surface area contributed by atoms with Crippen LogP contribution in [0.3, 0.4) is 0 Å².